The summed E-state index contributed by atoms with van der Waals surface area (Å²) in [5, 5.41) is 0. The maximum Gasteiger partial charge on any atom is 0.158 e. The molecule has 0 fully saturated rings. The molecule has 1 aromatic carbocycles. The average Bonchev–Trinajstić information content (AvgIpc) is 2.19. The van der Waals surface area contributed by atoms with Crippen molar-refractivity contribution in [3.8, 4) is 0 Å². The van der Waals surface area contributed by atoms with Crippen LogP contribution in [0.3, 0.4) is 0 Å². The van der Waals surface area contributed by atoms with Gasteiger partial charge in [0, 0.05) is 11.8 Å². The van der Waals surface area contributed by atoms with E-state index in [9.17, 15) is 0 Å². The van der Waals surface area contributed by atoms with Gasteiger partial charge in [0.25, 0.3) is 0 Å². The highest BCUT2D eigenvalue weighted by Crippen LogP contribution is 2.06. The molecule has 0 radical (unpaired) electrons. The van der Waals surface area contributed by atoms with Crippen LogP contribution in [0.15, 0.2) is 46.5 Å². The number of rotatable bonds is 2. The molecule has 0 unspecified atom stereocenters. The minimum Gasteiger partial charge on any atom is -0.245 e. The van der Waals surface area contributed by atoms with E-state index in [0.29, 0.717) is 5.84 Å². The predicted octanol–water partition coefficient (Wildman–Crippen LogP) is 2.98. The van der Waals surface area contributed by atoms with Gasteiger partial charge in [0.15, 0.2) is 5.84 Å². The fourth-order valence-electron chi connectivity index (χ4n) is 1.14. The first-order valence-corrected chi connectivity index (χ1v) is 4.50. The summed E-state index contributed by atoms with van der Waals surface area (Å²) in [6.07, 6.45) is 3.58. The molecule has 0 aliphatic rings. The Morgan fingerprint density at radius 1 is 1.43 bits per heavy atom. The zero-order valence-corrected chi connectivity index (χ0v) is 8.57. The molecule has 2 heteroatoms. The standard InChI is InChI=1S/C12H14N2/c1-4-8-14-12(13-3)11-7-5-6-10(2)9-11/h4-9H,3H2,1-2H3/b8-4-,14-12?. The largest absolute Gasteiger partial charge is 0.245 e. The second-order valence-corrected chi connectivity index (χ2v) is 2.96. The van der Waals surface area contributed by atoms with Crippen LogP contribution in [-0.4, -0.2) is 12.6 Å². The van der Waals surface area contributed by atoms with Gasteiger partial charge in [-0.05, 0) is 26.6 Å². The molecule has 1 rings (SSSR count). The van der Waals surface area contributed by atoms with Crippen LogP contribution >= 0.6 is 0 Å². The van der Waals surface area contributed by atoms with Gasteiger partial charge in [-0.25, -0.2) is 9.98 Å². The zero-order valence-electron chi connectivity index (χ0n) is 8.57. The van der Waals surface area contributed by atoms with Crippen molar-refractivity contribution in [2.24, 2.45) is 9.98 Å². The van der Waals surface area contributed by atoms with E-state index >= 15 is 0 Å². The van der Waals surface area contributed by atoms with Crippen molar-refractivity contribution in [1.29, 1.82) is 0 Å². The molecular weight excluding hydrogens is 172 g/mol. The SMILES string of the molecule is C=NC(=N/C=C\C)c1cccc(C)c1. The molecule has 0 N–H and O–H groups in total. The minimum absolute atomic E-state index is 0.659. The molecule has 0 saturated heterocycles. The molecule has 2 nitrogen and oxygen atoms in total. The van der Waals surface area contributed by atoms with Crippen LogP contribution in [0.25, 0.3) is 0 Å². The molecule has 72 valence electrons. The molecule has 1 aromatic rings. The normalized spacial score (nSPS) is 12.0. The summed E-state index contributed by atoms with van der Waals surface area (Å²) >= 11 is 0. The summed E-state index contributed by atoms with van der Waals surface area (Å²) in [6, 6.07) is 8.04. The summed E-state index contributed by atoms with van der Waals surface area (Å²) < 4.78 is 0. The van der Waals surface area contributed by atoms with Gasteiger partial charge in [-0.3, -0.25) is 0 Å². The quantitative estimate of drug-likeness (QED) is 0.501. The molecule has 0 bridgehead atoms. The van der Waals surface area contributed by atoms with Crippen molar-refractivity contribution in [1.82, 2.24) is 0 Å². The van der Waals surface area contributed by atoms with Crippen LogP contribution in [0.2, 0.25) is 0 Å². The number of nitrogens with zero attached hydrogens (tertiary/aromatic N) is 2. The average molecular weight is 186 g/mol. The first kappa shape index (κ1) is 10.4. The summed E-state index contributed by atoms with van der Waals surface area (Å²) in [4.78, 5) is 8.06. The van der Waals surface area contributed by atoms with Gasteiger partial charge >= 0.3 is 0 Å². The second kappa shape index (κ2) is 5.12. The lowest BCUT2D eigenvalue weighted by Gasteiger charge is -2.00. The van der Waals surface area contributed by atoms with Crippen molar-refractivity contribution < 1.29 is 0 Å². The van der Waals surface area contributed by atoms with Gasteiger partial charge in [0.1, 0.15) is 0 Å². The Bertz CT molecular complexity index is 376. The lowest BCUT2D eigenvalue weighted by Crippen LogP contribution is -1.95. The molecule has 0 heterocycles. The highest BCUT2D eigenvalue weighted by Gasteiger charge is 1.98. The van der Waals surface area contributed by atoms with Gasteiger partial charge in [-0.15, -0.1) is 0 Å². The Balaban J connectivity index is 3.06. The summed E-state index contributed by atoms with van der Waals surface area (Å²) in [6.45, 7) is 7.46. The van der Waals surface area contributed by atoms with Crippen molar-refractivity contribution in [2.75, 3.05) is 0 Å². The molecule has 0 atom stereocenters. The number of benzene rings is 1. The Kier molecular flexibility index (Phi) is 3.80. The van der Waals surface area contributed by atoms with E-state index in [0.717, 1.165) is 5.56 Å². The Morgan fingerprint density at radius 2 is 2.21 bits per heavy atom. The zero-order chi connectivity index (χ0) is 10.4. The second-order valence-electron chi connectivity index (χ2n) is 2.96. The molecule has 14 heavy (non-hydrogen) atoms. The van der Waals surface area contributed by atoms with Crippen molar-refractivity contribution in [2.45, 2.75) is 13.8 Å². The maximum absolute atomic E-state index is 4.18. The minimum atomic E-state index is 0.659. The predicted molar refractivity (Wildman–Crippen MR) is 62.1 cm³/mol. The van der Waals surface area contributed by atoms with Gasteiger partial charge in [0.05, 0.1) is 0 Å². The van der Waals surface area contributed by atoms with Crippen LogP contribution in [0, 0.1) is 6.92 Å². The molecule has 0 aliphatic carbocycles. The van der Waals surface area contributed by atoms with Crippen molar-refractivity contribution in [3.63, 3.8) is 0 Å². The third kappa shape index (κ3) is 2.66. The summed E-state index contributed by atoms with van der Waals surface area (Å²) in [5.41, 5.74) is 2.19. The van der Waals surface area contributed by atoms with Gasteiger partial charge in [-0.2, -0.15) is 0 Å². The first-order chi connectivity index (χ1) is 6.77. The Hall–Kier alpha value is -1.70. The number of hydrogen-bond donors (Lipinski definition) is 0. The van der Waals surface area contributed by atoms with Crippen LogP contribution < -0.4 is 0 Å². The highest BCUT2D eigenvalue weighted by molar-refractivity contribution is 6.01. The van der Waals surface area contributed by atoms with Gasteiger partial charge in [0.2, 0.25) is 0 Å². The van der Waals surface area contributed by atoms with E-state index < -0.39 is 0 Å². The number of aryl methyl sites for hydroxylation is 1. The molecule has 0 aromatic heterocycles. The van der Waals surface area contributed by atoms with E-state index in [1.165, 1.54) is 5.56 Å². The van der Waals surface area contributed by atoms with E-state index in [1.54, 1.807) is 6.20 Å². The van der Waals surface area contributed by atoms with E-state index in [2.05, 4.69) is 16.7 Å². The van der Waals surface area contributed by atoms with Gasteiger partial charge in [-0.1, -0.05) is 29.8 Å². The highest BCUT2D eigenvalue weighted by atomic mass is 14.9. The third-order valence-electron chi connectivity index (χ3n) is 1.77. The lowest BCUT2D eigenvalue weighted by atomic mass is 10.1. The van der Waals surface area contributed by atoms with Crippen LogP contribution in [-0.2, 0) is 0 Å². The Labute approximate surface area is 84.7 Å². The van der Waals surface area contributed by atoms with E-state index in [1.807, 2.05) is 44.2 Å². The number of allylic oxidation sites excluding steroid dienone is 1. The monoisotopic (exact) mass is 186 g/mol. The van der Waals surface area contributed by atoms with Crippen LogP contribution in [0.4, 0.5) is 0 Å². The fraction of sp³-hybridized carbons (Fsp3) is 0.167. The van der Waals surface area contributed by atoms with Crippen molar-refractivity contribution in [3.05, 3.63) is 47.7 Å². The first-order valence-electron chi connectivity index (χ1n) is 4.50. The number of aliphatic imine (C=N–C) groups is 2. The molecular formula is C12H14N2. The van der Waals surface area contributed by atoms with Crippen molar-refractivity contribution >= 4 is 12.6 Å². The van der Waals surface area contributed by atoms with Crippen LogP contribution in [0.5, 0.6) is 0 Å². The molecule has 0 saturated carbocycles. The fourth-order valence-corrected chi connectivity index (χ4v) is 1.14. The Morgan fingerprint density at radius 3 is 2.79 bits per heavy atom. The summed E-state index contributed by atoms with van der Waals surface area (Å²) in [5.74, 6) is 0.659. The van der Waals surface area contributed by atoms with Crippen LogP contribution in [0.1, 0.15) is 18.1 Å². The number of amidine groups is 1. The smallest absolute Gasteiger partial charge is 0.158 e. The third-order valence-corrected chi connectivity index (χ3v) is 1.77. The topological polar surface area (TPSA) is 24.7 Å². The van der Waals surface area contributed by atoms with E-state index in [-0.39, 0.29) is 0 Å². The van der Waals surface area contributed by atoms with E-state index in [4.69, 9.17) is 0 Å². The lowest BCUT2D eigenvalue weighted by molar-refractivity contribution is 1.41. The molecule has 0 spiro atoms. The van der Waals surface area contributed by atoms with Gasteiger partial charge < -0.3 is 0 Å². The maximum atomic E-state index is 4.18. The summed E-state index contributed by atoms with van der Waals surface area (Å²) in [7, 11) is 0. The molecule has 0 aliphatic heterocycles. The molecule has 0 amide bonds. The number of hydrogen-bond acceptors (Lipinski definition) is 1.